The fourth-order valence-corrected chi connectivity index (χ4v) is 6.50. The van der Waals surface area contributed by atoms with Crippen molar-refractivity contribution in [2.24, 2.45) is 0 Å². The van der Waals surface area contributed by atoms with Gasteiger partial charge in [-0.05, 0) is 62.1 Å². The molecule has 0 amide bonds. The van der Waals surface area contributed by atoms with Crippen molar-refractivity contribution in [1.29, 1.82) is 0 Å². The van der Waals surface area contributed by atoms with Gasteiger partial charge in [0.15, 0.2) is 0 Å². The molecule has 35 heavy (non-hydrogen) atoms. The molecule has 0 saturated carbocycles. The SMILES string of the molecule is Cc1ccc2c(c1)Cc1cc(C)ccc1OP(N([C@@H](C)c1ccccc1)[C@@H](C)c1ccccc1)O2. The van der Waals surface area contributed by atoms with Crippen molar-refractivity contribution in [2.45, 2.75) is 46.2 Å². The van der Waals surface area contributed by atoms with Crippen LogP contribution in [0.3, 0.4) is 0 Å². The summed E-state index contributed by atoms with van der Waals surface area (Å²) < 4.78 is 16.0. The van der Waals surface area contributed by atoms with E-state index < -0.39 is 8.53 Å². The second-order valence-corrected chi connectivity index (χ2v) is 10.7. The summed E-state index contributed by atoms with van der Waals surface area (Å²) in [5, 5.41) is 0. The van der Waals surface area contributed by atoms with E-state index in [9.17, 15) is 0 Å². The molecule has 0 unspecified atom stereocenters. The van der Waals surface area contributed by atoms with E-state index in [1.807, 2.05) is 0 Å². The van der Waals surface area contributed by atoms with Crippen molar-refractivity contribution in [1.82, 2.24) is 4.67 Å². The van der Waals surface area contributed by atoms with Gasteiger partial charge in [-0.25, -0.2) is 4.67 Å². The van der Waals surface area contributed by atoms with Crippen molar-refractivity contribution < 1.29 is 9.05 Å². The molecule has 4 heteroatoms. The van der Waals surface area contributed by atoms with Crippen LogP contribution in [0.25, 0.3) is 0 Å². The van der Waals surface area contributed by atoms with Crippen LogP contribution in [-0.2, 0) is 6.42 Å². The van der Waals surface area contributed by atoms with Crippen LogP contribution in [-0.4, -0.2) is 4.67 Å². The molecule has 0 aromatic heterocycles. The van der Waals surface area contributed by atoms with Crippen LogP contribution in [0.4, 0.5) is 0 Å². The van der Waals surface area contributed by atoms with Gasteiger partial charge in [-0.2, -0.15) is 0 Å². The summed E-state index contributed by atoms with van der Waals surface area (Å²) in [6, 6.07) is 34.3. The molecule has 3 nitrogen and oxygen atoms in total. The summed E-state index contributed by atoms with van der Waals surface area (Å²) in [4.78, 5) is 0. The van der Waals surface area contributed by atoms with Gasteiger partial charge >= 0.3 is 8.53 Å². The summed E-state index contributed by atoms with van der Waals surface area (Å²) in [6.07, 6.45) is 0.791. The largest absolute Gasteiger partial charge is 0.427 e. The monoisotopic (exact) mass is 481 g/mol. The zero-order valence-corrected chi connectivity index (χ0v) is 21.7. The number of hydrogen-bond donors (Lipinski definition) is 0. The normalized spacial score (nSPS) is 15.1. The molecule has 0 spiro atoms. The van der Waals surface area contributed by atoms with Crippen LogP contribution in [0.15, 0.2) is 97.1 Å². The lowest BCUT2D eigenvalue weighted by Gasteiger charge is -2.39. The zero-order valence-electron chi connectivity index (χ0n) is 20.8. The molecule has 4 aromatic carbocycles. The van der Waals surface area contributed by atoms with Gasteiger partial charge in [0.2, 0.25) is 0 Å². The van der Waals surface area contributed by atoms with E-state index in [1.165, 1.54) is 33.4 Å². The summed E-state index contributed by atoms with van der Waals surface area (Å²) in [5.74, 6) is 1.80. The topological polar surface area (TPSA) is 21.7 Å². The minimum Gasteiger partial charge on any atom is -0.427 e. The van der Waals surface area contributed by atoms with E-state index in [0.29, 0.717) is 0 Å². The average Bonchev–Trinajstić information content (AvgIpc) is 2.87. The Morgan fingerprint density at radius 1 is 0.629 bits per heavy atom. The number of benzene rings is 4. The standard InChI is InChI=1S/C31H32NO2P/c1-22-15-17-30-28(19-22)21-29-20-23(2)16-18-31(29)34-35(33-30)32(24(3)26-11-7-5-8-12-26)25(4)27-13-9-6-10-14-27/h5-20,24-25H,21H2,1-4H3/t24-,25-/m0/s1. The molecule has 0 saturated heterocycles. The summed E-state index contributed by atoms with van der Waals surface area (Å²) in [6.45, 7) is 8.76. The third-order valence-corrected chi connectivity index (χ3v) is 8.49. The van der Waals surface area contributed by atoms with Gasteiger partial charge in [0.25, 0.3) is 0 Å². The quantitative estimate of drug-likeness (QED) is 0.266. The van der Waals surface area contributed by atoms with Crippen LogP contribution in [0.2, 0.25) is 0 Å². The number of aryl methyl sites for hydroxylation is 2. The third-order valence-electron chi connectivity index (χ3n) is 6.71. The Hall–Kier alpha value is -3.13. The van der Waals surface area contributed by atoms with Crippen molar-refractivity contribution in [3.05, 3.63) is 130 Å². The van der Waals surface area contributed by atoms with Gasteiger partial charge in [0.1, 0.15) is 11.5 Å². The first-order chi connectivity index (χ1) is 17.0. The first-order valence-electron chi connectivity index (χ1n) is 12.2. The Labute approximate surface area is 210 Å². The lowest BCUT2D eigenvalue weighted by Crippen LogP contribution is -2.29. The van der Waals surface area contributed by atoms with Crippen molar-refractivity contribution >= 4 is 8.53 Å². The Morgan fingerprint density at radius 3 is 1.49 bits per heavy atom. The number of fused-ring (bicyclic) bond motifs is 2. The van der Waals surface area contributed by atoms with Gasteiger partial charge in [-0.15, -0.1) is 0 Å². The molecule has 1 aliphatic heterocycles. The van der Waals surface area contributed by atoms with Crippen LogP contribution < -0.4 is 9.05 Å². The van der Waals surface area contributed by atoms with Crippen molar-refractivity contribution in [2.75, 3.05) is 0 Å². The molecule has 2 atom stereocenters. The highest BCUT2D eigenvalue weighted by molar-refractivity contribution is 7.45. The molecule has 0 N–H and O–H groups in total. The highest BCUT2D eigenvalue weighted by atomic mass is 31.2. The van der Waals surface area contributed by atoms with Crippen LogP contribution >= 0.6 is 8.53 Å². The Balaban J connectivity index is 1.63. The molecule has 5 rings (SSSR count). The van der Waals surface area contributed by atoms with Crippen LogP contribution in [0.1, 0.15) is 59.3 Å². The maximum absolute atomic E-state index is 6.79. The van der Waals surface area contributed by atoms with Gasteiger partial charge < -0.3 is 9.05 Å². The molecule has 0 aliphatic carbocycles. The van der Waals surface area contributed by atoms with Crippen LogP contribution in [0, 0.1) is 13.8 Å². The van der Waals surface area contributed by atoms with Crippen LogP contribution in [0.5, 0.6) is 11.5 Å². The molecular formula is C31H32NO2P. The minimum atomic E-state index is -1.46. The molecule has 178 valence electrons. The summed E-state index contributed by atoms with van der Waals surface area (Å²) in [5.41, 5.74) is 7.35. The lowest BCUT2D eigenvalue weighted by atomic mass is 10.00. The predicted molar refractivity (Wildman–Crippen MR) is 145 cm³/mol. The van der Waals surface area contributed by atoms with Gasteiger partial charge in [-0.1, -0.05) is 96.1 Å². The first-order valence-corrected chi connectivity index (χ1v) is 13.4. The first kappa shape index (κ1) is 23.6. The third kappa shape index (κ3) is 5.12. The van der Waals surface area contributed by atoms with Gasteiger partial charge in [-0.3, -0.25) is 0 Å². The van der Waals surface area contributed by atoms with E-state index in [4.69, 9.17) is 9.05 Å². The van der Waals surface area contributed by atoms with Crippen molar-refractivity contribution in [3.8, 4) is 11.5 Å². The molecular weight excluding hydrogens is 449 g/mol. The molecule has 1 heterocycles. The molecule has 0 radical (unpaired) electrons. The smallest absolute Gasteiger partial charge is 0.385 e. The van der Waals surface area contributed by atoms with Crippen molar-refractivity contribution in [3.63, 3.8) is 0 Å². The molecule has 0 bridgehead atoms. The Kier molecular flexibility index (Phi) is 6.90. The Morgan fingerprint density at radius 2 is 1.06 bits per heavy atom. The number of nitrogens with zero attached hydrogens (tertiary/aromatic N) is 1. The minimum absolute atomic E-state index is 0.0831. The van der Waals surface area contributed by atoms with E-state index in [2.05, 4.69) is 129 Å². The number of hydrogen-bond acceptors (Lipinski definition) is 3. The fraction of sp³-hybridized carbons (Fsp3) is 0.226. The van der Waals surface area contributed by atoms with E-state index in [1.54, 1.807) is 0 Å². The van der Waals surface area contributed by atoms with Gasteiger partial charge in [0, 0.05) is 18.5 Å². The molecule has 1 aliphatic rings. The highest BCUT2D eigenvalue weighted by Crippen LogP contribution is 2.55. The van der Waals surface area contributed by atoms with E-state index >= 15 is 0 Å². The lowest BCUT2D eigenvalue weighted by molar-refractivity contribution is 0.246. The summed E-state index contributed by atoms with van der Waals surface area (Å²) >= 11 is 0. The fourth-order valence-electron chi connectivity index (χ4n) is 4.74. The molecule has 0 fully saturated rings. The zero-order chi connectivity index (χ0) is 24.4. The predicted octanol–water partition coefficient (Wildman–Crippen LogP) is 8.72. The Bertz CT molecular complexity index is 1190. The summed E-state index contributed by atoms with van der Waals surface area (Å²) in [7, 11) is -1.46. The maximum atomic E-state index is 6.79. The van der Waals surface area contributed by atoms with E-state index in [-0.39, 0.29) is 12.1 Å². The second-order valence-electron chi connectivity index (χ2n) is 9.37. The van der Waals surface area contributed by atoms with E-state index in [0.717, 1.165) is 17.9 Å². The molecule has 4 aromatic rings. The highest BCUT2D eigenvalue weighted by Gasteiger charge is 2.37. The second kappa shape index (κ2) is 10.2. The average molecular weight is 482 g/mol. The maximum Gasteiger partial charge on any atom is 0.385 e. The van der Waals surface area contributed by atoms with Gasteiger partial charge in [0.05, 0.1) is 0 Å². The number of rotatable bonds is 5.